The number of hydrogen-bond donors (Lipinski definition) is 1. The first-order valence-electron chi connectivity index (χ1n) is 10.5. The van der Waals surface area contributed by atoms with E-state index in [1.165, 1.54) is 4.88 Å². The summed E-state index contributed by atoms with van der Waals surface area (Å²) in [5, 5.41) is 10.0. The zero-order valence-corrected chi connectivity index (χ0v) is 19.4. The van der Waals surface area contributed by atoms with Crippen molar-refractivity contribution in [2.24, 2.45) is 0 Å². The third-order valence-electron chi connectivity index (χ3n) is 4.81. The van der Waals surface area contributed by atoms with Crippen molar-refractivity contribution < 1.29 is 23.8 Å². The molecule has 0 saturated carbocycles. The molecule has 0 fully saturated rings. The van der Waals surface area contributed by atoms with Gasteiger partial charge < -0.3 is 19.0 Å². The molecule has 3 rings (SSSR count). The van der Waals surface area contributed by atoms with Crippen LogP contribution in [-0.2, 0) is 16.0 Å². The largest absolute Gasteiger partial charge is 0.490 e. The van der Waals surface area contributed by atoms with Gasteiger partial charge in [0, 0.05) is 34.9 Å². The molecule has 0 aliphatic rings. The van der Waals surface area contributed by atoms with Crippen molar-refractivity contribution in [1.29, 1.82) is 0 Å². The van der Waals surface area contributed by atoms with Crippen LogP contribution < -0.4 is 4.74 Å². The Morgan fingerprint density at radius 2 is 2.03 bits per heavy atom. The highest BCUT2D eigenvalue weighted by molar-refractivity contribution is 7.15. The zero-order valence-electron chi connectivity index (χ0n) is 18.6. The Morgan fingerprint density at radius 3 is 2.74 bits per heavy atom. The molecule has 5 nitrogen and oxygen atoms in total. The summed E-state index contributed by atoms with van der Waals surface area (Å²) in [5.74, 6) is 1.14. The van der Waals surface area contributed by atoms with Gasteiger partial charge in [0.15, 0.2) is 0 Å². The van der Waals surface area contributed by atoms with Crippen molar-refractivity contribution in [3.05, 3.63) is 53.4 Å². The zero-order chi connectivity index (χ0) is 22.6. The maximum absolute atomic E-state index is 11.8. The van der Waals surface area contributed by atoms with Crippen LogP contribution in [0.25, 0.3) is 21.6 Å². The second-order valence-corrected chi connectivity index (χ2v) is 9.63. The second kappa shape index (κ2) is 9.71. The molecule has 31 heavy (non-hydrogen) atoms. The van der Waals surface area contributed by atoms with Crippen LogP contribution in [0.3, 0.4) is 0 Å². The van der Waals surface area contributed by atoms with E-state index in [2.05, 4.69) is 18.7 Å². The normalized spacial score (nSPS) is 12.7. The van der Waals surface area contributed by atoms with Gasteiger partial charge in [-0.1, -0.05) is 6.58 Å². The highest BCUT2D eigenvalue weighted by Crippen LogP contribution is 2.35. The van der Waals surface area contributed by atoms with Crippen molar-refractivity contribution in [2.75, 3.05) is 6.61 Å². The summed E-state index contributed by atoms with van der Waals surface area (Å²) in [6.45, 7) is 11.2. The Hall–Kier alpha value is -2.57. The van der Waals surface area contributed by atoms with Gasteiger partial charge in [-0.2, -0.15) is 0 Å². The van der Waals surface area contributed by atoms with Crippen LogP contribution in [0.2, 0.25) is 0 Å². The maximum Gasteiger partial charge on any atom is 0.333 e. The smallest absolute Gasteiger partial charge is 0.333 e. The lowest BCUT2D eigenvalue weighted by Crippen LogP contribution is -2.33. The van der Waals surface area contributed by atoms with E-state index in [4.69, 9.17) is 19.0 Å². The SMILES string of the molecule is C=C(C)C(=O)OC(C)(C)CC(C)Oc1ccc2cc(-c3ccc(CCCO)s3)oc2c1. The maximum atomic E-state index is 11.8. The molecular formula is C25H30O5S. The predicted molar refractivity (Wildman–Crippen MR) is 125 cm³/mol. The van der Waals surface area contributed by atoms with Crippen LogP contribution in [0.5, 0.6) is 5.75 Å². The van der Waals surface area contributed by atoms with Crippen LogP contribution in [0, 0.1) is 0 Å². The fourth-order valence-electron chi connectivity index (χ4n) is 3.45. The molecule has 0 aliphatic heterocycles. The summed E-state index contributed by atoms with van der Waals surface area (Å²) < 4.78 is 17.7. The highest BCUT2D eigenvalue weighted by Gasteiger charge is 2.27. The number of thiophene rings is 1. The minimum absolute atomic E-state index is 0.161. The van der Waals surface area contributed by atoms with E-state index >= 15 is 0 Å². The molecule has 2 aromatic heterocycles. The van der Waals surface area contributed by atoms with Crippen molar-refractivity contribution in [1.82, 2.24) is 0 Å². The lowest BCUT2D eigenvalue weighted by Gasteiger charge is -2.28. The molecule has 3 aromatic rings. The minimum atomic E-state index is -0.662. The van der Waals surface area contributed by atoms with Crippen LogP contribution in [-0.4, -0.2) is 29.4 Å². The number of ether oxygens (including phenoxy) is 2. The van der Waals surface area contributed by atoms with E-state index in [0.717, 1.165) is 34.4 Å². The summed E-state index contributed by atoms with van der Waals surface area (Å²) >= 11 is 1.69. The number of hydrogen-bond acceptors (Lipinski definition) is 6. The number of aliphatic hydroxyl groups excluding tert-OH is 1. The van der Waals surface area contributed by atoms with Gasteiger partial charge in [-0.15, -0.1) is 11.3 Å². The lowest BCUT2D eigenvalue weighted by molar-refractivity contribution is -0.153. The van der Waals surface area contributed by atoms with Crippen LogP contribution in [0.15, 0.2) is 53.0 Å². The quantitative estimate of drug-likeness (QED) is 0.302. The molecule has 1 atom stereocenters. The van der Waals surface area contributed by atoms with Gasteiger partial charge in [-0.05, 0) is 70.9 Å². The highest BCUT2D eigenvalue weighted by atomic mass is 32.1. The third-order valence-corrected chi connectivity index (χ3v) is 5.97. The van der Waals surface area contributed by atoms with Crippen molar-refractivity contribution in [2.45, 2.75) is 58.7 Å². The first kappa shape index (κ1) is 23.1. The molecule has 0 aliphatic carbocycles. The van der Waals surface area contributed by atoms with Gasteiger partial charge in [0.1, 0.15) is 22.7 Å². The second-order valence-electron chi connectivity index (χ2n) is 8.47. The number of furan rings is 1. The van der Waals surface area contributed by atoms with Gasteiger partial charge in [-0.25, -0.2) is 4.79 Å². The fraction of sp³-hybridized carbons (Fsp3) is 0.400. The van der Waals surface area contributed by atoms with Crippen molar-refractivity contribution in [3.63, 3.8) is 0 Å². The van der Waals surface area contributed by atoms with Gasteiger partial charge in [-0.3, -0.25) is 0 Å². The summed E-state index contributed by atoms with van der Waals surface area (Å²) in [7, 11) is 0. The number of benzene rings is 1. The molecule has 0 spiro atoms. The summed E-state index contributed by atoms with van der Waals surface area (Å²) in [6.07, 6.45) is 2.02. The summed E-state index contributed by atoms with van der Waals surface area (Å²) in [5.41, 5.74) is 0.481. The standard InChI is InChI=1S/C25H30O5S/c1-16(2)24(27)30-25(4,5)15-17(3)28-19-9-8-18-13-22(29-21(18)14-19)23-11-10-20(31-23)7-6-12-26/h8-11,13-14,17,26H,1,6-7,12,15H2,2-5H3. The molecule has 166 valence electrons. The first-order valence-corrected chi connectivity index (χ1v) is 11.3. The number of fused-ring (bicyclic) bond motifs is 1. The van der Waals surface area contributed by atoms with E-state index in [0.29, 0.717) is 17.7 Å². The molecule has 2 heterocycles. The Balaban J connectivity index is 1.67. The molecule has 1 aromatic carbocycles. The molecule has 6 heteroatoms. The molecule has 0 bridgehead atoms. The van der Waals surface area contributed by atoms with E-state index in [-0.39, 0.29) is 12.7 Å². The molecule has 1 unspecified atom stereocenters. The topological polar surface area (TPSA) is 68.9 Å². The summed E-state index contributed by atoms with van der Waals surface area (Å²) in [6, 6.07) is 12.0. The first-order chi connectivity index (χ1) is 14.7. The molecule has 0 amide bonds. The predicted octanol–water partition coefficient (Wildman–Crippen LogP) is 6.14. The van der Waals surface area contributed by atoms with Gasteiger partial charge in [0.25, 0.3) is 0 Å². The van der Waals surface area contributed by atoms with Crippen LogP contribution in [0.4, 0.5) is 0 Å². The number of rotatable bonds is 10. The van der Waals surface area contributed by atoms with E-state index in [9.17, 15) is 4.79 Å². The van der Waals surface area contributed by atoms with Crippen LogP contribution in [0.1, 0.15) is 45.4 Å². The Labute approximate surface area is 187 Å². The van der Waals surface area contributed by atoms with Gasteiger partial charge in [0.05, 0.1) is 11.0 Å². The van der Waals surface area contributed by atoms with Crippen LogP contribution >= 0.6 is 11.3 Å². The van der Waals surface area contributed by atoms with Gasteiger partial charge >= 0.3 is 5.97 Å². The molecule has 0 saturated heterocycles. The number of carbonyl (C=O) groups is 1. The Kier molecular flexibility index (Phi) is 7.23. The average molecular weight is 443 g/mol. The number of aliphatic hydroxyl groups is 1. The number of carbonyl (C=O) groups excluding carboxylic acids is 1. The fourth-order valence-corrected chi connectivity index (χ4v) is 4.45. The number of esters is 1. The van der Waals surface area contributed by atoms with E-state index in [1.807, 2.05) is 45.0 Å². The third kappa shape index (κ3) is 6.21. The monoisotopic (exact) mass is 442 g/mol. The van der Waals surface area contributed by atoms with E-state index < -0.39 is 11.6 Å². The Morgan fingerprint density at radius 1 is 1.26 bits per heavy atom. The van der Waals surface area contributed by atoms with Crippen molar-refractivity contribution >= 4 is 28.3 Å². The van der Waals surface area contributed by atoms with Crippen molar-refractivity contribution in [3.8, 4) is 16.4 Å². The average Bonchev–Trinajstić information content (AvgIpc) is 3.31. The summed E-state index contributed by atoms with van der Waals surface area (Å²) in [4.78, 5) is 14.1. The van der Waals surface area contributed by atoms with E-state index in [1.54, 1.807) is 18.3 Å². The molecule has 1 N–H and O–H groups in total. The lowest BCUT2D eigenvalue weighted by atomic mass is 10.0. The Bertz CT molecular complexity index is 1060. The molecular weight excluding hydrogens is 412 g/mol. The number of aryl methyl sites for hydroxylation is 1. The van der Waals surface area contributed by atoms with Gasteiger partial charge in [0.2, 0.25) is 0 Å². The molecule has 0 radical (unpaired) electrons. The minimum Gasteiger partial charge on any atom is -0.490 e.